The molecule has 1 N–H and O–H groups in total. The van der Waals surface area contributed by atoms with Crippen molar-refractivity contribution in [3.05, 3.63) is 35.8 Å². The first-order valence-electron chi connectivity index (χ1n) is 7.96. The lowest BCUT2D eigenvalue weighted by atomic mass is 9.77. The second-order valence-electron chi connectivity index (χ2n) is 6.38. The standard InChI is InChI=1S/C17H19FN2O4S/c1-9(21)13-14-11(7-18)12(15(17(23)24)20(14)16(13)22)8-25-10-3-5-19(2)6-4-10/h3-6,9,11,13-14,21H,7-8H2,1-2H3/t9-,11+,13-,14-/m1/s1. The third kappa shape index (κ3) is 2.93. The van der Waals surface area contributed by atoms with Gasteiger partial charge in [-0.3, -0.25) is 9.18 Å². The van der Waals surface area contributed by atoms with Gasteiger partial charge in [-0.2, -0.15) is 0 Å². The number of hydrogen-bond acceptors (Lipinski definition) is 5. The number of β-lactam (4-membered cyclic amide) rings is 1. The van der Waals surface area contributed by atoms with Crippen LogP contribution in [0.25, 0.3) is 0 Å². The van der Waals surface area contributed by atoms with E-state index in [2.05, 4.69) is 0 Å². The molecular weight excluding hydrogens is 347 g/mol. The molecule has 0 aromatic carbocycles. The van der Waals surface area contributed by atoms with Crippen LogP contribution in [-0.4, -0.2) is 46.5 Å². The number of alkyl halides is 1. The van der Waals surface area contributed by atoms with Gasteiger partial charge in [0, 0.05) is 28.7 Å². The summed E-state index contributed by atoms with van der Waals surface area (Å²) in [5.74, 6) is -3.21. The summed E-state index contributed by atoms with van der Waals surface area (Å²) in [6.07, 6.45) is 2.77. The summed E-state index contributed by atoms with van der Waals surface area (Å²) in [6.45, 7) is 0.679. The number of rotatable bonds is 6. The largest absolute Gasteiger partial charge is 0.543 e. The lowest BCUT2D eigenvalue weighted by molar-refractivity contribution is -0.671. The number of thioether (sulfide) groups is 1. The Bertz CT molecular complexity index is 735. The van der Waals surface area contributed by atoms with Gasteiger partial charge in [0.2, 0.25) is 5.91 Å². The highest BCUT2D eigenvalue weighted by Crippen LogP contribution is 2.48. The van der Waals surface area contributed by atoms with Gasteiger partial charge < -0.3 is 19.9 Å². The molecule has 3 heterocycles. The molecule has 8 heteroatoms. The second-order valence-corrected chi connectivity index (χ2v) is 7.42. The normalized spacial score (nSPS) is 26.5. The molecule has 0 radical (unpaired) electrons. The number of nitrogens with zero attached hydrogens (tertiary/aromatic N) is 2. The number of carboxylic acids is 1. The maximum Gasteiger partial charge on any atom is 0.235 e. The molecule has 1 saturated heterocycles. The summed E-state index contributed by atoms with van der Waals surface area (Å²) in [7, 11) is 1.88. The molecule has 1 fully saturated rings. The van der Waals surface area contributed by atoms with Crippen LogP contribution in [0.3, 0.4) is 0 Å². The van der Waals surface area contributed by atoms with Gasteiger partial charge in [0.15, 0.2) is 12.4 Å². The summed E-state index contributed by atoms with van der Waals surface area (Å²) in [4.78, 5) is 25.8. The van der Waals surface area contributed by atoms with Gasteiger partial charge in [-0.15, -0.1) is 11.8 Å². The molecule has 0 unspecified atom stereocenters. The van der Waals surface area contributed by atoms with E-state index in [-0.39, 0.29) is 11.4 Å². The van der Waals surface area contributed by atoms with E-state index >= 15 is 0 Å². The van der Waals surface area contributed by atoms with Gasteiger partial charge in [0.1, 0.15) is 7.05 Å². The van der Waals surface area contributed by atoms with E-state index in [1.54, 1.807) is 0 Å². The SMILES string of the molecule is C[C@@H](O)[C@H]1C(=O)N2C(C(=O)[O-])=C(CSc3cc[n+](C)cc3)[C@H](CF)[C@H]12. The van der Waals surface area contributed by atoms with Gasteiger partial charge >= 0.3 is 0 Å². The molecule has 2 aliphatic heterocycles. The number of hydrogen-bond donors (Lipinski definition) is 1. The molecule has 1 amide bonds. The Kier molecular flexibility index (Phi) is 4.83. The van der Waals surface area contributed by atoms with E-state index in [0.717, 1.165) is 9.80 Å². The van der Waals surface area contributed by atoms with Crippen LogP contribution in [0.5, 0.6) is 0 Å². The number of aromatic nitrogens is 1. The van der Waals surface area contributed by atoms with Crippen molar-refractivity contribution < 1.29 is 28.8 Å². The van der Waals surface area contributed by atoms with E-state index in [1.165, 1.54) is 18.7 Å². The fraction of sp³-hybridized carbons (Fsp3) is 0.471. The number of carboxylic acid groups (broad SMARTS) is 1. The molecular formula is C17H19FN2O4S. The highest BCUT2D eigenvalue weighted by molar-refractivity contribution is 7.99. The number of aliphatic hydroxyl groups is 1. The third-order valence-corrected chi connectivity index (χ3v) is 5.88. The van der Waals surface area contributed by atoms with Crippen LogP contribution in [0.4, 0.5) is 4.39 Å². The number of aliphatic hydroxyl groups excluding tert-OH is 1. The molecule has 134 valence electrons. The summed E-state index contributed by atoms with van der Waals surface area (Å²) >= 11 is 1.38. The first-order valence-corrected chi connectivity index (χ1v) is 8.95. The average molecular weight is 366 g/mol. The summed E-state index contributed by atoms with van der Waals surface area (Å²) in [5, 5.41) is 21.4. The molecule has 0 spiro atoms. The van der Waals surface area contributed by atoms with Crippen LogP contribution >= 0.6 is 11.8 Å². The third-order valence-electron chi connectivity index (χ3n) is 4.82. The highest BCUT2D eigenvalue weighted by Gasteiger charge is 2.59. The molecule has 3 rings (SSSR count). The zero-order chi connectivity index (χ0) is 18.3. The first-order chi connectivity index (χ1) is 11.9. The van der Waals surface area contributed by atoms with Gasteiger partial charge in [-0.05, 0) is 12.5 Å². The van der Waals surface area contributed by atoms with E-state index < -0.39 is 42.5 Å². The molecule has 6 nitrogen and oxygen atoms in total. The Morgan fingerprint density at radius 2 is 2.12 bits per heavy atom. The van der Waals surface area contributed by atoms with Crippen LogP contribution in [0, 0.1) is 11.8 Å². The van der Waals surface area contributed by atoms with Crippen molar-refractivity contribution in [2.45, 2.75) is 24.0 Å². The predicted octanol–water partition coefficient (Wildman–Crippen LogP) is -0.586. The van der Waals surface area contributed by atoms with Crippen LogP contribution in [-0.2, 0) is 16.6 Å². The maximum atomic E-state index is 13.7. The number of carbonyl (C=O) groups excluding carboxylic acids is 2. The van der Waals surface area contributed by atoms with Crippen molar-refractivity contribution in [2.75, 3.05) is 12.4 Å². The van der Waals surface area contributed by atoms with Crippen molar-refractivity contribution >= 4 is 23.6 Å². The van der Waals surface area contributed by atoms with Crippen LogP contribution < -0.4 is 9.67 Å². The number of carbonyl (C=O) groups is 2. The molecule has 0 bridgehead atoms. The molecule has 4 atom stereocenters. The fourth-order valence-corrected chi connectivity index (χ4v) is 4.57. The number of aryl methyl sites for hydroxylation is 1. The van der Waals surface area contributed by atoms with E-state index in [0.29, 0.717) is 5.57 Å². The molecule has 0 saturated carbocycles. The van der Waals surface area contributed by atoms with Gasteiger partial charge in [0.05, 0.1) is 36.4 Å². The van der Waals surface area contributed by atoms with Crippen LogP contribution in [0.2, 0.25) is 0 Å². The van der Waals surface area contributed by atoms with Gasteiger partial charge in [-0.25, -0.2) is 4.57 Å². The second kappa shape index (κ2) is 6.76. The smallest absolute Gasteiger partial charge is 0.235 e. The number of halogens is 1. The zero-order valence-corrected chi connectivity index (χ0v) is 14.7. The first kappa shape index (κ1) is 17.9. The Balaban J connectivity index is 1.88. The fourth-order valence-electron chi connectivity index (χ4n) is 3.58. The molecule has 25 heavy (non-hydrogen) atoms. The quantitative estimate of drug-likeness (QED) is 0.413. The monoisotopic (exact) mass is 366 g/mol. The Labute approximate surface area is 148 Å². The van der Waals surface area contributed by atoms with Crippen LogP contribution in [0.1, 0.15) is 6.92 Å². The topological polar surface area (TPSA) is 84.5 Å². The molecule has 1 aromatic heterocycles. The van der Waals surface area contributed by atoms with Crippen molar-refractivity contribution in [1.29, 1.82) is 0 Å². The Morgan fingerprint density at radius 1 is 1.48 bits per heavy atom. The zero-order valence-electron chi connectivity index (χ0n) is 13.9. The summed E-state index contributed by atoms with van der Waals surface area (Å²) < 4.78 is 15.6. The number of amides is 1. The Hall–Kier alpha value is -1.93. The van der Waals surface area contributed by atoms with Crippen molar-refractivity contribution in [1.82, 2.24) is 4.90 Å². The van der Waals surface area contributed by atoms with E-state index in [4.69, 9.17) is 0 Å². The van der Waals surface area contributed by atoms with Crippen molar-refractivity contribution in [3.63, 3.8) is 0 Å². The summed E-state index contributed by atoms with van der Waals surface area (Å²) in [5.41, 5.74) is 0.130. The minimum absolute atomic E-state index is 0.233. The minimum atomic E-state index is -1.48. The highest BCUT2D eigenvalue weighted by atomic mass is 32.2. The van der Waals surface area contributed by atoms with E-state index in [9.17, 15) is 24.2 Å². The number of fused-ring (bicyclic) bond motifs is 1. The number of pyridine rings is 1. The van der Waals surface area contributed by atoms with Gasteiger partial charge in [0.25, 0.3) is 0 Å². The lowest BCUT2D eigenvalue weighted by Crippen LogP contribution is -2.64. The number of aliphatic carboxylic acids is 1. The minimum Gasteiger partial charge on any atom is -0.543 e. The maximum absolute atomic E-state index is 13.7. The van der Waals surface area contributed by atoms with Gasteiger partial charge in [-0.1, -0.05) is 0 Å². The summed E-state index contributed by atoms with van der Waals surface area (Å²) in [6, 6.07) is 3.11. The average Bonchev–Trinajstić information content (AvgIpc) is 2.83. The lowest BCUT2D eigenvalue weighted by Gasteiger charge is -2.47. The van der Waals surface area contributed by atoms with Crippen molar-refractivity contribution in [3.8, 4) is 0 Å². The van der Waals surface area contributed by atoms with Crippen LogP contribution in [0.15, 0.2) is 40.7 Å². The Morgan fingerprint density at radius 3 is 2.64 bits per heavy atom. The van der Waals surface area contributed by atoms with E-state index in [1.807, 2.05) is 36.1 Å². The molecule has 2 aliphatic rings. The predicted molar refractivity (Wildman–Crippen MR) is 85.6 cm³/mol. The van der Waals surface area contributed by atoms with Crippen molar-refractivity contribution in [2.24, 2.45) is 18.9 Å². The molecule has 0 aliphatic carbocycles. The molecule has 1 aromatic rings.